The quantitative estimate of drug-likeness (QED) is 0.596. The molecule has 0 saturated carbocycles. The monoisotopic (exact) mass is 336 g/mol. The SMILES string of the molecule is CCCCCc1cc(O)cc(O)c1S(=O)(=O)Oc1ccccc1. The third kappa shape index (κ3) is 4.39. The van der Waals surface area contributed by atoms with E-state index in [2.05, 4.69) is 0 Å². The Hall–Kier alpha value is -2.21. The van der Waals surface area contributed by atoms with Crippen molar-refractivity contribution in [2.45, 2.75) is 37.5 Å². The molecule has 5 nitrogen and oxygen atoms in total. The summed E-state index contributed by atoms with van der Waals surface area (Å²) in [5.41, 5.74) is 0.354. The molecule has 0 amide bonds. The minimum Gasteiger partial charge on any atom is -0.508 e. The van der Waals surface area contributed by atoms with Gasteiger partial charge in [-0.25, -0.2) is 0 Å². The lowest BCUT2D eigenvalue weighted by atomic mass is 10.1. The van der Waals surface area contributed by atoms with Crippen LogP contribution in [0.3, 0.4) is 0 Å². The van der Waals surface area contributed by atoms with Crippen molar-refractivity contribution in [3.8, 4) is 17.2 Å². The summed E-state index contributed by atoms with van der Waals surface area (Å²) in [5.74, 6) is -0.514. The fraction of sp³-hybridized carbons (Fsp3) is 0.294. The van der Waals surface area contributed by atoms with Crippen LogP contribution in [0.2, 0.25) is 0 Å². The van der Waals surface area contributed by atoms with Crippen molar-refractivity contribution in [3.05, 3.63) is 48.0 Å². The van der Waals surface area contributed by atoms with Gasteiger partial charge in [0.25, 0.3) is 0 Å². The average Bonchev–Trinajstić information content (AvgIpc) is 2.47. The summed E-state index contributed by atoms with van der Waals surface area (Å²) < 4.78 is 30.1. The first kappa shape index (κ1) is 17.1. The van der Waals surface area contributed by atoms with Crippen LogP contribution in [0.15, 0.2) is 47.4 Å². The third-order valence-electron chi connectivity index (χ3n) is 3.38. The predicted octanol–water partition coefficient (Wildman–Crippen LogP) is 3.60. The molecule has 0 aliphatic carbocycles. The molecule has 2 rings (SSSR count). The first-order chi connectivity index (χ1) is 10.9. The van der Waals surface area contributed by atoms with Crippen LogP contribution in [0.4, 0.5) is 0 Å². The summed E-state index contributed by atoms with van der Waals surface area (Å²) in [6.45, 7) is 2.04. The molecular formula is C17H20O5S. The summed E-state index contributed by atoms with van der Waals surface area (Å²) in [6.07, 6.45) is 3.10. The lowest BCUT2D eigenvalue weighted by Crippen LogP contribution is -2.12. The fourth-order valence-corrected chi connectivity index (χ4v) is 3.58. The van der Waals surface area contributed by atoms with E-state index >= 15 is 0 Å². The second kappa shape index (κ2) is 7.37. The van der Waals surface area contributed by atoms with Crippen LogP contribution in [0.25, 0.3) is 0 Å². The van der Waals surface area contributed by atoms with Crippen LogP contribution in [0, 0.1) is 0 Å². The van der Waals surface area contributed by atoms with E-state index < -0.39 is 15.9 Å². The summed E-state index contributed by atoms with van der Waals surface area (Å²) in [6, 6.07) is 10.5. The highest BCUT2D eigenvalue weighted by Crippen LogP contribution is 2.34. The number of hydrogen-bond acceptors (Lipinski definition) is 5. The van der Waals surface area contributed by atoms with E-state index in [1.165, 1.54) is 18.2 Å². The van der Waals surface area contributed by atoms with Crippen LogP contribution in [0.5, 0.6) is 17.2 Å². The number of para-hydroxylation sites is 1. The van der Waals surface area contributed by atoms with Crippen molar-refractivity contribution in [1.29, 1.82) is 0 Å². The second-order valence-electron chi connectivity index (χ2n) is 5.26. The van der Waals surface area contributed by atoms with Crippen molar-refractivity contribution < 1.29 is 22.8 Å². The Morgan fingerprint density at radius 3 is 2.39 bits per heavy atom. The standard InChI is InChI=1S/C17H20O5S/c1-2-3-5-8-13-11-14(18)12-16(19)17(13)23(20,21)22-15-9-6-4-7-10-15/h4,6-7,9-12,18-19H,2-3,5,8H2,1H3. The van der Waals surface area contributed by atoms with Gasteiger partial charge in [0.15, 0.2) is 4.90 Å². The molecule has 0 aliphatic heterocycles. The Morgan fingerprint density at radius 2 is 1.74 bits per heavy atom. The molecule has 6 heteroatoms. The van der Waals surface area contributed by atoms with Gasteiger partial charge in [-0.2, -0.15) is 8.42 Å². The van der Waals surface area contributed by atoms with Gasteiger partial charge in [-0.1, -0.05) is 38.0 Å². The minimum atomic E-state index is -4.19. The third-order valence-corrected chi connectivity index (χ3v) is 4.76. The van der Waals surface area contributed by atoms with Gasteiger partial charge in [0.1, 0.15) is 17.2 Å². The topological polar surface area (TPSA) is 83.8 Å². The summed E-state index contributed by atoms with van der Waals surface area (Å²) >= 11 is 0. The number of hydrogen-bond donors (Lipinski definition) is 2. The molecule has 0 radical (unpaired) electrons. The molecule has 0 aliphatic rings. The van der Waals surface area contributed by atoms with Crippen LogP contribution < -0.4 is 4.18 Å². The zero-order chi connectivity index (χ0) is 16.9. The molecule has 0 spiro atoms. The fourth-order valence-electron chi connectivity index (χ4n) is 2.34. The van der Waals surface area contributed by atoms with E-state index in [-0.39, 0.29) is 16.4 Å². The van der Waals surface area contributed by atoms with Gasteiger partial charge in [-0.15, -0.1) is 0 Å². The predicted molar refractivity (Wildman–Crippen MR) is 87.3 cm³/mol. The van der Waals surface area contributed by atoms with E-state index in [9.17, 15) is 18.6 Å². The highest BCUT2D eigenvalue weighted by Gasteiger charge is 2.26. The molecule has 0 saturated heterocycles. The number of unbranched alkanes of at least 4 members (excludes halogenated alkanes) is 2. The molecule has 0 heterocycles. The van der Waals surface area contributed by atoms with Crippen molar-refractivity contribution in [3.63, 3.8) is 0 Å². The Kier molecular flexibility index (Phi) is 5.50. The molecule has 2 N–H and O–H groups in total. The van der Waals surface area contributed by atoms with E-state index in [1.807, 2.05) is 6.92 Å². The number of rotatable bonds is 7. The zero-order valence-corrected chi connectivity index (χ0v) is 13.7. The van der Waals surface area contributed by atoms with Gasteiger partial charge >= 0.3 is 10.1 Å². The molecule has 23 heavy (non-hydrogen) atoms. The van der Waals surface area contributed by atoms with Crippen LogP contribution in [0.1, 0.15) is 31.7 Å². The zero-order valence-electron chi connectivity index (χ0n) is 12.9. The van der Waals surface area contributed by atoms with E-state index in [0.717, 1.165) is 25.3 Å². The lowest BCUT2D eigenvalue weighted by molar-refractivity contribution is 0.428. The highest BCUT2D eigenvalue weighted by molar-refractivity contribution is 7.87. The van der Waals surface area contributed by atoms with Crippen LogP contribution in [-0.2, 0) is 16.5 Å². The van der Waals surface area contributed by atoms with Crippen LogP contribution >= 0.6 is 0 Å². The van der Waals surface area contributed by atoms with Crippen LogP contribution in [-0.4, -0.2) is 18.6 Å². The first-order valence-electron chi connectivity index (χ1n) is 7.48. The Balaban J connectivity index is 2.39. The van der Waals surface area contributed by atoms with E-state index in [1.54, 1.807) is 18.2 Å². The van der Waals surface area contributed by atoms with Crippen molar-refractivity contribution in [2.24, 2.45) is 0 Å². The Morgan fingerprint density at radius 1 is 1.04 bits per heavy atom. The van der Waals surface area contributed by atoms with Gasteiger partial charge < -0.3 is 14.4 Å². The van der Waals surface area contributed by atoms with Gasteiger partial charge in [0.05, 0.1) is 0 Å². The Labute approximate surface area is 136 Å². The first-order valence-corrected chi connectivity index (χ1v) is 8.89. The second-order valence-corrected chi connectivity index (χ2v) is 6.74. The Bertz CT molecular complexity index is 754. The molecule has 2 aromatic carbocycles. The maximum absolute atomic E-state index is 12.5. The van der Waals surface area contributed by atoms with Gasteiger partial charge in [-0.05, 0) is 36.6 Å². The molecule has 0 fully saturated rings. The normalized spacial score (nSPS) is 11.3. The molecule has 0 unspecified atom stereocenters. The summed E-state index contributed by atoms with van der Waals surface area (Å²) in [4.78, 5) is -0.282. The minimum absolute atomic E-state index is 0.166. The molecule has 2 aromatic rings. The van der Waals surface area contributed by atoms with E-state index in [0.29, 0.717) is 12.0 Å². The maximum Gasteiger partial charge on any atom is 0.343 e. The van der Waals surface area contributed by atoms with Gasteiger partial charge in [0, 0.05) is 6.07 Å². The molecule has 0 aromatic heterocycles. The highest BCUT2D eigenvalue weighted by atomic mass is 32.2. The van der Waals surface area contributed by atoms with E-state index in [4.69, 9.17) is 4.18 Å². The smallest absolute Gasteiger partial charge is 0.343 e. The summed E-state index contributed by atoms with van der Waals surface area (Å²) in [5, 5.41) is 19.7. The number of aryl methyl sites for hydroxylation is 1. The van der Waals surface area contributed by atoms with Crippen molar-refractivity contribution in [1.82, 2.24) is 0 Å². The maximum atomic E-state index is 12.5. The summed E-state index contributed by atoms with van der Waals surface area (Å²) in [7, 11) is -4.19. The number of benzene rings is 2. The number of aromatic hydroxyl groups is 2. The largest absolute Gasteiger partial charge is 0.508 e. The number of phenolic OH excluding ortho intramolecular Hbond substituents is 2. The van der Waals surface area contributed by atoms with Gasteiger partial charge in [-0.3, -0.25) is 0 Å². The molecule has 0 atom stereocenters. The van der Waals surface area contributed by atoms with Gasteiger partial charge in [0.2, 0.25) is 0 Å². The molecule has 0 bridgehead atoms. The van der Waals surface area contributed by atoms with Crippen molar-refractivity contribution in [2.75, 3.05) is 0 Å². The molecular weight excluding hydrogens is 316 g/mol. The number of phenols is 2. The average molecular weight is 336 g/mol. The lowest BCUT2D eigenvalue weighted by Gasteiger charge is -2.13. The molecule has 124 valence electrons. The van der Waals surface area contributed by atoms with Crippen molar-refractivity contribution >= 4 is 10.1 Å².